The maximum atomic E-state index is 11.4. The van der Waals surface area contributed by atoms with Crippen LogP contribution in [0.5, 0.6) is 0 Å². The second-order valence-electron chi connectivity index (χ2n) is 5.48. The summed E-state index contributed by atoms with van der Waals surface area (Å²) in [6.45, 7) is 1.66. The molecule has 0 aliphatic heterocycles. The van der Waals surface area contributed by atoms with Crippen molar-refractivity contribution in [3.63, 3.8) is 0 Å². The van der Waals surface area contributed by atoms with Gasteiger partial charge >= 0.3 is 0 Å². The van der Waals surface area contributed by atoms with Gasteiger partial charge in [0.05, 0.1) is 0 Å². The highest BCUT2D eigenvalue weighted by atomic mass is 16.1. The van der Waals surface area contributed by atoms with Crippen molar-refractivity contribution in [2.45, 2.75) is 38.4 Å². The van der Waals surface area contributed by atoms with Crippen LogP contribution in [0.15, 0.2) is 30.5 Å². The topological polar surface area (TPSA) is 46.1 Å². The van der Waals surface area contributed by atoms with Crippen LogP contribution in [-0.2, 0) is 17.9 Å². The predicted molar refractivity (Wildman–Crippen MR) is 80.5 cm³/mol. The Morgan fingerprint density at radius 3 is 2.95 bits per heavy atom. The summed E-state index contributed by atoms with van der Waals surface area (Å²) >= 11 is 0. The molecule has 1 aliphatic rings. The van der Waals surface area contributed by atoms with Crippen molar-refractivity contribution < 1.29 is 4.79 Å². The van der Waals surface area contributed by atoms with Gasteiger partial charge in [-0.15, -0.1) is 0 Å². The molecule has 0 unspecified atom stereocenters. The van der Waals surface area contributed by atoms with Gasteiger partial charge in [-0.2, -0.15) is 0 Å². The lowest BCUT2D eigenvalue weighted by Crippen LogP contribution is -2.19. The zero-order chi connectivity index (χ0) is 13.9. The maximum Gasteiger partial charge on any atom is 0.221 e. The molecule has 4 heteroatoms. The van der Waals surface area contributed by atoms with Gasteiger partial charge in [0, 0.05) is 44.3 Å². The minimum atomic E-state index is 0.0819. The molecule has 2 N–H and O–H groups in total. The van der Waals surface area contributed by atoms with Crippen molar-refractivity contribution in [2.24, 2.45) is 0 Å². The molecule has 1 heterocycles. The number of nitrogens with zero attached hydrogens (tertiary/aromatic N) is 1. The van der Waals surface area contributed by atoms with Gasteiger partial charge in [0.15, 0.2) is 0 Å². The van der Waals surface area contributed by atoms with E-state index in [9.17, 15) is 4.79 Å². The molecule has 0 saturated heterocycles. The summed E-state index contributed by atoms with van der Waals surface area (Å²) in [7, 11) is 1.68. The Kier molecular flexibility index (Phi) is 3.74. The van der Waals surface area contributed by atoms with Crippen LogP contribution in [0.1, 0.15) is 24.8 Å². The van der Waals surface area contributed by atoms with Crippen molar-refractivity contribution in [1.29, 1.82) is 0 Å². The van der Waals surface area contributed by atoms with Gasteiger partial charge in [-0.1, -0.05) is 12.1 Å². The molecule has 1 fully saturated rings. The average molecular weight is 271 g/mol. The minimum Gasteiger partial charge on any atom is -0.359 e. The first-order chi connectivity index (χ1) is 9.76. The Hall–Kier alpha value is -1.81. The number of carbonyl (C=O) groups is 1. The number of hydrogen-bond acceptors (Lipinski definition) is 2. The number of nitrogens with one attached hydrogen (secondary N) is 2. The number of hydrogen-bond donors (Lipinski definition) is 2. The van der Waals surface area contributed by atoms with Crippen LogP contribution >= 0.6 is 0 Å². The molecule has 2 aromatic rings. The highest BCUT2D eigenvalue weighted by Gasteiger charge is 2.19. The first kappa shape index (κ1) is 13.2. The number of aryl methyl sites for hydroxylation is 1. The summed E-state index contributed by atoms with van der Waals surface area (Å²) in [6, 6.07) is 9.41. The van der Waals surface area contributed by atoms with Crippen molar-refractivity contribution >= 4 is 16.8 Å². The second kappa shape index (κ2) is 5.67. The quantitative estimate of drug-likeness (QED) is 0.844. The molecular formula is C16H21N3O. The summed E-state index contributed by atoms with van der Waals surface area (Å²) in [5, 5.41) is 7.43. The predicted octanol–water partition coefficient (Wildman–Crippen LogP) is 2.03. The molecule has 0 radical (unpaired) electrons. The van der Waals surface area contributed by atoms with Crippen molar-refractivity contribution in [3.8, 4) is 0 Å². The summed E-state index contributed by atoms with van der Waals surface area (Å²) in [6.07, 6.45) is 5.20. The summed E-state index contributed by atoms with van der Waals surface area (Å²) < 4.78 is 2.16. The fraction of sp³-hybridized carbons (Fsp3) is 0.438. The second-order valence-corrected chi connectivity index (χ2v) is 5.48. The zero-order valence-electron chi connectivity index (χ0n) is 11.9. The van der Waals surface area contributed by atoms with E-state index in [1.165, 1.54) is 29.3 Å². The Morgan fingerprint density at radius 1 is 1.35 bits per heavy atom. The molecular weight excluding hydrogens is 250 g/mol. The lowest BCUT2D eigenvalue weighted by atomic mass is 10.1. The van der Waals surface area contributed by atoms with Crippen molar-refractivity contribution in [3.05, 3.63) is 36.0 Å². The van der Waals surface area contributed by atoms with E-state index in [-0.39, 0.29) is 5.91 Å². The molecule has 3 rings (SSSR count). The normalized spacial score (nSPS) is 14.7. The Labute approximate surface area is 119 Å². The fourth-order valence-electron chi connectivity index (χ4n) is 2.43. The van der Waals surface area contributed by atoms with Crippen molar-refractivity contribution in [2.75, 3.05) is 7.05 Å². The summed E-state index contributed by atoms with van der Waals surface area (Å²) in [4.78, 5) is 11.4. The van der Waals surface area contributed by atoms with Gasteiger partial charge in [-0.3, -0.25) is 4.79 Å². The van der Waals surface area contributed by atoms with Gasteiger partial charge < -0.3 is 15.2 Å². The third kappa shape index (κ3) is 3.02. The zero-order valence-corrected chi connectivity index (χ0v) is 11.9. The molecule has 4 nitrogen and oxygen atoms in total. The highest BCUT2D eigenvalue weighted by molar-refractivity contribution is 5.81. The molecule has 1 aromatic carbocycles. The lowest BCUT2D eigenvalue weighted by molar-refractivity contribution is -0.120. The van der Waals surface area contributed by atoms with Crippen LogP contribution in [0.4, 0.5) is 0 Å². The number of rotatable bonds is 6. The largest absolute Gasteiger partial charge is 0.359 e. The van der Waals surface area contributed by atoms with E-state index >= 15 is 0 Å². The maximum absolute atomic E-state index is 11.4. The summed E-state index contributed by atoms with van der Waals surface area (Å²) in [5.41, 5.74) is 2.52. The molecule has 0 atom stereocenters. The van der Waals surface area contributed by atoms with Gasteiger partial charge in [-0.05, 0) is 35.9 Å². The number of carbonyl (C=O) groups excluding carboxylic acids is 1. The van der Waals surface area contributed by atoms with Gasteiger partial charge in [0.25, 0.3) is 0 Å². The number of amides is 1. The van der Waals surface area contributed by atoms with Crippen LogP contribution in [0.25, 0.3) is 10.9 Å². The fourth-order valence-corrected chi connectivity index (χ4v) is 2.43. The van der Waals surface area contributed by atoms with Crippen LogP contribution in [0, 0.1) is 0 Å². The number of aromatic nitrogens is 1. The molecule has 1 aromatic heterocycles. The molecule has 0 spiro atoms. The third-order valence-electron chi connectivity index (χ3n) is 3.87. The molecule has 1 saturated carbocycles. The van der Waals surface area contributed by atoms with E-state index < -0.39 is 0 Å². The van der Waals surface area contributed by atoms with E-state index in [1.807, 2.05) is 0 Å². The van der Waals surface area contributed by atoms with Crippen LogP contribution < -0.4 is 10.6 Å². The number of fused-ring (bicyclic) bond motifs is 1. The SMILES string of the molecule is CNC(=O)CCn1ccc2ccc(CNC3CC3)cc21. The van der Waals surface area contributed by atoms with Crippen LogP contribution in [0.3, 0.4) is 0 Å². The third-order valence-corrected chi connectivity index (χ3v) is 3.87. The first-order valence-corrected chi connectivity index (χ1v) is 7.28. The number of benzene rings is 1. The Bertz CT molecular complexity index is 613. The van der Waals surface area contributed by atoms with E-state index in [0.29, 0.717) is 6.42 Å². The van der Waals surface area contributed by atoms with E-state index in [0.717, 1.165) is 19.1 Å². The van der Waals surface area contributed by atoms with E-state index in [4.69, 9.17) is 0 Å². The molecule has 1 amide bonds. The summed E-state index contributed by atoms with van der Waals surface area (Å²) in [5.74, 6) is 0.0819. The molecule has 1 aliphatic carbocycles. The highest BCUT2D eigenvalue weighted by Crippen LogP contribution is 2.21. The van der Waals surface area contributed by atoms with Crippen LogP contribution in [-0.4, -0.2) is 23.6 Å². The molecule has 106 valence electrons. The standard InChI is InChI=1S/C16H21N3O/c1-17-16(20)7-9-19-8-6-13-3-2-12(10-15(13)19)11-18-14-4-5-14/h2-3,6,8,10,14,18H,4-5,7,9,11H2,1H3,(H,17,20). The first-order valence-electron chi connectivity index (χ1n) is 7.28. The monoisotopic (exact) mass is 271 g/mol. The Morgan fingerprint density at radius 2 is 2.20 bits per heavy atom. The van der Waals surface area contributed by atoms with Crippen LogP contribution in [0.2, 0.25) is 0 Å². The minimum absolute atomic E-state index is 0.0819. The molecule has 20 heavy (non-hydrogen) atoms. The smallest absolute Gasteiger partial charge is 0.221 e. The molecule has 0 bridgehead atoms. The van der Waals surface area contributed by atoms with Gasteiger partial charge in [-0.25, -0.2) is 0 Å². The van der Waals surface area contributed by atoms with E-state index in [2.05, 4.69) is 45.7 Å². The lowest BCUT2D eigenvalue weighted by Gasteiger charge is -2.07. The Balaban J connectivity index is 1.73. The van der Waals surface area contributed by atoms with Crippen molar-refractivity contribution in [1.82, 2.24) is 15.2 Å². The van der Waals surface area contributed by atoms with Gasteiger partial charge in [0.1, 0.15) is 0 Å². The van der Waals surface area contributed by atoms with Gasteiger partial charge in [0.2, 0.25) is 5.91 Å². The van der Waals surface area contributed by atoms with E-state index in [1.54, 1.807) is 7.05 Å². The average Bonchev–Trinajstić information content (AvgIpc) is 3.22.